The van der Waals surface area contributed by atoms with Crippen LogP contribution in [0.2, 0.25) is 0 Å². The summed E-state index contributed by atoms with van der Waals surface area (Å²) in [6, 6.07) is 13.6. The monoisotopic (exact) mass is 372 g/mol. The lowest BCUT2D eigenvalue weighted by Gasteiger charge is -2.09. The number of fused-ring (bicyclic) bond motifs is 1. The number of aromatic nitrogens is 3. The van der Waals surface area contributed by atoms with Gasteiger partial charge < -0.3 is 9.73 Å². The van der Waals surface area contributed by atoms with Crippen molar-refractivity contribution in [3.8, 4) is 11.5 Å². The highest BCUT2D eigenvalue weighted by molar-refractivity contribution is 6.03. The Labute approximate surface area is 150 Å². The first-order valence-corrected chi connectivity index (χ1v) is 7.80. The quantitative estimate of drug-likeness (QED) is 0.583. The first-order chi connectivity index (χ1) is 12.9. The molecule has 0 bridgehead atoms. The van der Waals surface area contributed by atoms with E-state index in [2.05, 4.69) is 15.4 Å². The van der Waals surface area contributed by atoms with Gasteiger partial charge in [0, 0.05) is 11.8 Å². The average Bonchev–Trinajstić information content (AvgIpc) is 3.30. The fourth-order valence-electron chi connectivity index (χ4n) is 2.55. The van der Waals surface area contributed by atoms with Gasteiger partial charge in [0.2, 0.25) is 0 Å². The molecule has 1 aromatic carbocycles. The van der Waals surface area contributed by atoms with E-state index < -0.39 is 17.8 Å². The molecule has 136 valence electrons. The van der Waals surface area contributed by atoms with Gasteiger partial charge in [-0.1, -0.05) is 18.2 Å². The SMILES string of the molecule is O=C(Nc1ccccc1)c1cc2nc(-c3ccco3)cc(C(F)(F)F)n2n1. The molecule has 3 heterocycles. The number of para-hydroxylation sites is 1. The van der Waals surface area contributed by atoms with Crippen LogP contribution in [0.15, 0.2) is 65.3 Å². The molecule has 1 N–H and O–H groups in total. The number of halogens is 3. The summed E-state index contributed by atoms with van der Waals surface area (Å²) in [6.07, 6.45) is -3.36. The summed E-state index contributed by atoms with van der Waals surface area (Å²) in [5.41, 5.74) is -0.866. The molecule has 27 heavy (non-hydrogen) atoms. The van der Waals surface area contributed by atoms with E-state index in [4.69, 9.17) is 4.42 Å². The number of amides is 1. The molecular weight excluding hydrogens is 361 g/mol. The molecular formula is C18H11F3N4O2. The van der Waals surface area contributed by atoms with Crippen molar-refractivity contribution in [2.45, 2.75) is 6.18 Å². The zero-order chi connectivity index (χ0) is 19.0. The minimum Gasteiger partial charge on any atom is -0.463 e. The van der Waals surface area contributed by atoms with Gasteiger partial charge in [0.25, 0.3) is 5.91 Å². The van der Waals surface area contributed by atoms with Crippen LogP contribution in [0.5, 0.6) is 0 Å². The summed E-state index contributed by atoms with van der Waals surface area (Å²) < 4.78 is 46.2. The van der Waals surface area contributed by atoms with Crippen molar-refractivity contribution in [3.05, 3.63) is 72.2 Å². The van der Waals surface area contributed by atoms with Gasteiger partial charge in [-0.05, 0) is 30.3 Å². The number of carbonyl (C=O) groups excluding carboxylic acids is 1. The molecule has 4 aromatic rings. The Morgan fingerprint density at radius 2 is 1.85 bits per heavy atom. The molecule has 0 fully saturated rings. The van der Waals surface area contributed by atoms with Crippen molar-refractivity contribution in [2.75, 3.05) is 5.32 Å². The second kappa shape index (κ2) is 6.27. The van der Waals surface area contributed by atoms with E-state index in [0.29, 0.717) is 10.2 Å². The van der Waals surface area contributed by atoms with Gasteiger partial charge in [0.15, 0.2) is 22.8 Å². The highest BCUT2D eigenvalue weighted by atomic mass is 19.4. The summed E-state index contributed by atoms with van der Waals surface area (Å²) in [4.78, 5) is 16.5. The predicted molar refractivity (Wildman–Crippen MR) is 90.1 cm³/mol. The molecule has 0 aliphatic rings. The lowest BCUT2D eigenvalue weighted by molar-refractivity contribution is -0.142. The number of nitrogens with zero attached hydrogens (tertiary/aromatic N) is 3. The van der Waals surface area contributed by atoms with E-state index in [1.165, 1.54) is 18.4 Å². The van der Waals surface area contributed by atoms with Crippen LogP contribution in [-0.4, -0.2) is 20.5 Å². The minimum atomic E-state index is -4.69. The zero-order valence-electron chi connectivity index (χ0n) is 13.6. The van der Waals surface area contributed by atoms with Crippen LogP contribution in [0.3, 0.4) is 0 Å². The number of hydrogen-bond acceptors (Lipinski definition) is 4. The Morgan fingerprint density at radius 1 is 1.07 bits per heavy atom. The first-order valence-electron chi connectivity index (χ1n) is 7.80. The van der Waals surface area contributed by atoms with E-state index in [1.54, 1.807) is 36.4 Å². The second-order valence-corrected chi connectivity index (χ2v) is 5.62. The standard InChI is InChI=1S/C18H11F3N4O2/c19-18(20,21)15-9-12(14-7-4-8-27-14)23-16-10-13(24-25(15)16)17(26)22-11-5-2-1-3-6-11/h1-10H,(H,22,26). The van der Waals surface area contributed by atoms with Crippen LogP contribution in [0.4, 0.5) is 18.9 Å². The van der Waals surface area contributed by atoms with Gasteiger partial charge in [0.05, 0.1) is 6.26 Å². The summed E-state index contributed by atoms with van der Waals surface area (Å²) in [5.74, 6) is -0.459. The summed E-state index contributed by atoms with van der Waals surface area (Å²) in [7, 11) is 0. The van der Waals surface area contributed by atoms with Crippen molar-refractivity contribution in [1.29, 1.82) is 0 Å². The van der Waals surface area contributed by atoms with Gasteiger partial charge in [0.1, 0.15) is 5.69 Å². The molecule has 0 radical (unpaired) electrons. The van der Waals surface area contributed by atoms with Crippen LogP contribution >= 0.6 is 0 Å². The largest absolute Gasteiger partial charge is 0.463 e. The van der Waals surface area contributed by atoms with Crippen LogP contribution < -0.4 is 5.32 Å². The maximum absolute atomic E-state index is 13.5. The normalized spacial score (nSPS) is 11.7. The second-order valence-electron chi connectivity index (χ2n) is 5.62. The molecule has 3 aromatic heterocycles. The molecule has 0 unspecified atom stereocenters. The van der Waals surface area contributed by atoms with Gasteiger partial charge in [-0.25, -0.2) is 9.50 Å². The first kappa shape index (κ1) is 16.8. The molecule has 0 aliphatic heterocycles. The Bertz CT molecular complexity index is 1100. The molecule has 9 heteroatoms. The number of furan rings is 1. The molecule has 0 aliphatic carbocycles. The summed E-state index contributed by atoms with van der Waals surface area (Å²) in [5, 5.41) is 6.37. The maximum Gasteiger partial charge on any atom is 0.433 e. The average molecular weight is 372 g/mol. The topological polar surface area (TPSA) is 72.4 Å². The van der Waals surface area contributed by atoms with Crippen LogP contribution in [0.1, 0.15) is 16.2 Å². The zero-order valence-corrected chi connectivity index (χ0v) is 13.6. The Morgan fingerprint density at radius 3 is 2.52 bits per heavy atom. The lowest BCUT2D eigenvalue weighted by atomic mass is 10.2. The van der Waals surface area contributed by atoms with Crippen LogP contribution in [-0.2, 0) is 6.18 Å². The molecule has 0 saturated carbocycles. The Hall–Kier alpha value is -3.62. The molecule has 0 saturated heterocycles. The number of rotatable bonds is 3. The van der Waals surface area contributed by atoms with Gasteiger partial charge in [-0.15, -0.1) is 0 Å². The van der Waals surface area contributed by atoms with E-state index in [1.807, 2.05) is 0 Å². The fraction of sp³-hybridized carbons (Fsp3) is 0.0556. The van der Waals surface area contributed by atoms with Gasteiger partial charge >= 0.3 is 6.18 Å². The number of carbonyl (C=O) groups is 1. The van der Waals surface area contributed by atoms with E-state index >= 15 is 0 Å². The van der Waals surface area contributed by atoms with Crippen molar-refractivity contribution in [3.63, 3.8) is 0 Å². The number of alkyl halides is 3. The molecule has 0 spiro atoms. The lowest BCUT2D eigenvalue weighted by Crippen LogP contribution is -2.15. The number of benzene rings is 1. The number of nitrogens with one attached hydrogen (secondary N) is 1. The van der Waals surface area contributed by atoms with Crippen LogP contribution in [0.25, 0.3) is 17.1 Å². The third-order valence-electron chi connectivity index (χ3n) is 3.76. The van der Waals surface area contributed by atoms with Crippen LogP contribution in [0, 0.1) is 0 Å². The predicted octanol–water partition coefficient (Wildman–Crippen LogP) is 4.26. The van der Waals surface area contributed by atoms with Crippen molar-refractivity contribution >= 4 is 17.2 Å². The molecule has 6 nitrogen and oxygen atoms in total. The third kappa shape index (κ3) is 3.26. The Balaban J connectivity index is 1.80. The summed E-state index contributed by atoms with van der Waals surface area (Å²) >= 11 is 0. The van der Waals surface area contributed by atoms with Gasteiger partial charge in [-0.2, -0.15) is 18.3 Å². The minimum absolute atomic E-state index is 0.00487. The smallest absolute Gasteiger partial charge is 0.433 e. The third-order valence-corrected chi connectivity index (χ3v) is 3.76. The molecule has 0 atom stereocenters. The van der Waals surface area contributed by atoms with E-state index in [0.717, 1.165) is 6.07 Å². The maximum atomic E-state index is 13.5. The van der Waals surface area contributed by atoms with Crippen molar-refractivity contribution in [1.82, 2.24) is 14.6 Å². The molecule has 1 amide bonds. The van der Waals surface area contributed by atoms with E-state index in [9.17, 15) is 18.0 Å². The van der Waals surface area contributed by atoms with Gasteiger partial charge in [-0.3, -0.25) is 4.79 Å². The van der Waals surface area contributed by atoms with Crippen molar-refractivity contribution < 1.29 is 22.4 Å². The summed E-state index contributed by atoms with van der Waals surface area (Å²) in [6.45, 7) is 0. The van der Waals surface area contributed by atoms with E-state index in [-0.39, 0.29) is 22.8 Å². The van der Waals surface area contributed by atoms with Crippen molar-refractivity contribution in [2.24, 2.45) is 0 Å². The number of hydrogen-bond donors (Lipinski definition) is 1. The fourth-order valence-corrected chi connectivity index (χ4v) is 2.55. The highest BCUT2D eigenvalue weighted by Crippen LogP contribution is 2.32. The molecule has 4 rings (SSSR count). The number of anilines is 1. The highest BCUT2D eigenvalue weighted by Gasteiger charge is 2.36. The Kier molecular flexibility index (Phi) is 3.91.